The highest BCUT2D eigenvalue weighted by molar-refractivity contribution is 6.02. The summed E-state index contributed by atoms with van der Waals surface area (Å²) in [4.78, 5) is 24.2. The van der Waals surface area contributed by atoms with Crippen LogP contribution in [0.25, 0.3) is 11.7 Å². The average Bonchev–Trinajstić information content (AvgIpc) is 3.52. The molecule has 1 aromatic carbocycles. The minimum absolute atomic E-state index is 0.0197. The number of esters is 1. The quantitative estimate of drug-likeness (QED) is 0.567. The van der Waals surface area contributed by atoms with Gasteiger partial charge < -0.3 is 13.6 Å². The third-order valence-electron chi connectivity index (χ3n) is 4.30. The number of hydrazone groups is 1. The molecule has 148 valence electrons. The molecule has 2 aromatic heterocycles. The van der Waals surface area contributed by atoms with Gasteiger partial charge in [0.1, 0.15) is 0 Å². The molecule has 9 nitrogen and oxygen atoms in total. The van der Waals surface area contributed by atoms with E-state index in [1.165, 1.54) is 11.3 Å². The number of amides is 1. The van der Waals surface area contributed by atoms with Gasteiger partial charge in [0, 0.05) is 12.8 Å². The van der Waals surface area contributed by atoms with Crippen molar-refractivity contribution in [1.82, 2.24) is 15.2 Å². The minimum Gasteiger partial charge on any atom is -0.459 e. The van der Waals surface area contributed by atoms with Crippen LogP contribution in [0.2, 0.25) is 0 Å². The van der Waals surface area contributed by atoms with Crippen molar-refractivity contribution in [3.05, 3.63) is 60.2 Å². The smallest absolute Gasteiger partial charge is 0.306 e. The number of hydrogen-bond donors (Lipinski definition) is 0. The van der Waals surface area contributed by atoms with Gasteiger partial charge in [-0.1, -0.05) is 30.3 Å². The van der Waals surface area contributed by atoms with E-state index in [0.29, 0.717) is 18.7 Å². The van der Waals surface area contributed by atoms with Gasteiger partial charge in [-0.2, -0.15) is 5.10 Å². The fraction of sp³-hybridized carbons (Fsp3) is 0.250. The van der Waals surface area contributed by atoms with Crippen LogP contribution in [0.3, 0.4) is 0 Å². The van der Waals surface area contributed by atoms with Crippen LogP contribution >= 0.6 is 0 Å². The van der Waals surface area contributed by atoms with Crippen molar-refractivity contribution in [2.75, 3.05) is 6.54 Å². The predicted octanol–water partition coefficient (Wildman–Crippen LogP) is 2.79. The molecule has 1 aliphatic rings. The lowest BCUT2D eigenvalue weighted by Gasteiger charge is -2.10. The van der Waals surface area contributed by atoms with Gasteiger partial charge in [0.15, 0.2) is 12.4 Å². The van der Waals surface area contributed by atoms with Gasteiger partial charge in [-0.15, -0.1) is 10.2 Å². The summed E-state index contributed by atoms with van der Waals surface area (Å²) in [6.07, 6.45) is 2.15. The second kappa shape index (κ2) is 8.51. The molecule has 29 heavy (non-hydrogen) atoms. The number of aromatic nitrogens is 2. The number of carbonyl (C=O) groups excluding carboxylic acids is 2. The lowest BCUT2D eigenvalue weighted by Crippen LogP contribution is -2.24. The van der Waals surface area contributed by atoms with Crippen LogP contribution in [0.15, 0.2) is 62.7 Å². The highest BCUT2D eigenvalue weighted by Gasteiger charge is 2.22. The molecule has 1 amide bonds. The fourth-order valence-electron chi connectivity index (χ4n) is 2.83. The maximum Gasteiger partial charge on any atom is 0.306 e. The molecular weight excluding hydrogens is 376 g/mol. The van der Waals surface area contributed by atoms with Crippen LogP contribution < -0.4 is 0 Å². The van der Waals surface area contributed by atoms with Crippen LogP contribution in [0.1, 0.15) is 30.7 Å². The number of carbonyl (C=O) groups is 2. The second-order valence-electron chi connectivity index (χ2n) is 6.32. The van der Waals surface area contributed by atoms with Gasteiger partial charge in [-0.25, -0.2) is 5.01 Å². The summed E-state index contributed by atoms with van der Waals surface area (Å²) in [5.41, 5.74) is 1.86. The molecule has 0 N–H and O–H groups in total. The monoisotopic (exact) mass is 394 g/mol. The number of rotatable bonds is 7. The molecule has 0 spiro atoms. The van der Waals surface area contributed by atoms with E-state index in [0.717, 1.165) is 11.3 Å². The average molecular weight is 394 g/mol. The standard InChI is InChI=1S/C20H18N4O5/c25-18(24-11-10-15(23-24)14-5-2-1-3-6-14)8-9-19(26)28-13-17-21-22-20(29-17)16-7-4-12-27-16/h1-7,12H,8-11,13H2. The van der Waals surface area contributed by atoms with Crippen molar-refractivity contribution < 1.29 is 23.2 Å². The molecule has 0 bridgehead atoms. The van der Waals surface area contributed by atoms with E-state index in [4.69, 9.17) is 13.6 Å². The summed E-state index contributed by atoms with van der Waals surface area (Å²) < 4.78 is 15.6. The van der Waals surface area contributed by atoms with E-state index in [1.54, 1.807) is 12.1 Å². The number of hydrogen-bond acceptors (Lipinski definition) is 8. The highest BCUT2D eigenvalue weighted by atomic mass is 16.5. The number of ether oxygens (including phenoxy) is 1. The Bertz CT molecular complexity index is 1010. The molecule has 3 aromatic rings. The first-order chi connectivity index (χ1) is 14.2. The van der Waals surface area contributed by atoms with Crippen LogP contribution in [0.5, 0.6) is 0 Å². The molecular formula is C20H18N4O5. The zero-order chi connectivity index (χ0) is 20.1. The molecule has 0 unspecified atom stereocenters. The molecule has 9 heteroatoms. The first kappa shape index (κ1) is 18.6. The summed E-state index contributed by atoms with van der Waals surface area (Å²) in [5.74, 6) is 0.0418. The van der Waals surface area contributed by atoms with Gasteiger partial charge in [0.05, 0.1) is 24.9 Å². The number of nitrogens with zero attached hydrogens (tertiary/aromatic N) is 4. The van der Waals surface area contributed by atoms with Crippen LogP contribution in [0, 0.1) is 0 Å². The lowest BCUT2D eigenvalue weighted by atomic mass is 10.1. The van der Waals surface area contributed by atoms with Crippen molar-refractivity contribution in [2.45, 2.75) is 25.9 Å². The number of furan rings is 1. The maximum atomic E-state index is 12.3. The fourth-order valence-corrected chi connectivity index (χ4v) is 2.83. The predicted molar refractivity (Wildman–Crippen MR) is 100 cm³/mol. The van der Waals surface area contributed by atoms with E-state index in [2.05, 4.69) is 15.3 Å². The van der Waals surface area contributed by atoms with Gasteiger partial charge in [0.25, 0.3) is 11.8 Å². The zero-order valence-electron chi connectivity index (χ0n) is 15.5. The zero-order valence-corrected chi connectivity index (χ0v) is 15.5. The summed E-state index contributed by atoms with van der Waals surface area (Å²) in [7, 11) is 0. The molecule has 0 aliphatic carbocycles. The van der Waals surface area contributed by atoms with E-state index in [9.17, 15) is 9.59 Å². The maximum absolute atomic E-state index is 12.3. The van der Waals surface area contributed by atoms with Crippen molar-refractivity contribution >= 4 is 17.6 Å². The Balaban J connectivity index is 1.23. The third kappa shape index (κ3) is 4.57. The Hall–Kier alpha value is -3.75. The van der Waals surface area contributed by atoms with Gasteiger partial charge in [0.2, 0.25) is 5.91 Å². The molecule has 0 saturated heterocycles. The molecule has 3 heterocycles. The Morgan fingerprint density at radius 1 is 1.07 bits per heavy atom. The van der Waals surface area contributed by atoms with Gasteiger partial charge >= 0.3 is 5.97 Å². The Labute approximate surface area is 166 Å². The topological polar surface area (TPSA) is 111 Å². The Kier molecular flexibility index (Phi) is 5.46. The summed E-state index contributed by atoms with van der Waals surface area (Å²) in [5, 5.41) is 13.4. The molecule has 0 radical (unpaired) electrons. The first-order valence-corrected chi connectivity index (χ1v) is 9.14. The second-order valence-corrected chi connectivity index (χ2v) is 6.32. The van der Waals surface area contributed by atoms with Crippen LogP contribution in [-0.2, 0) is 20.9 Å². The van der Waals surface area contributed by atoms with Gasteiger partial charge in [-0.05, 0) is 17.7 Å². The van der Waals surface area contributed by atoms with Crippen molar-refractivity contribution in [3.63, 3.8) is 0 Å². The van der Waals surface area contributed by atoms with Crippen molar-refractivity contribution in [3.8, 4) is 11.7 Å². The largest absolute Gasteiger partial charge is 0.459 e. The first-order valence-electron chi connectivity index (χ1n) is 9.14. The third-order valence-corrected chi connectivity index (χ3v) is 4.30. The van der Waals surface area contributed by atoms with Gasteiger partial charge in [-0.3, -0.25) is 9.59 Å². The van der Waals surface area contributed by atoms with E-state index >= 15 is 0 Å². The normalized spacial score (nSPS) is 13.4. The molecule has 0 atom stereocenters. The van der Waals surface area contributed by atoms with E-state index in [-0.39, 0.29) is 37.1 Å². The molecule has 0 saturated carbocycles. The van der Waals surface area contributed by atoms with E-state index < -0.39 is 5.97 Å². The van der Waals surface area contributed by atoms with Crippen molar-refractivity contribution in [1.29, 1.82) is 0 Å². The van der Waals surface area contributed by atoms with Crippen LogP contribution in [0.4, 0.5) is 0 Å². The summed E-state index contributed by atoms with van der Waals surface area (Å²) >= 11 is 0. The SMILES string of the molecule is O=C(CCC(=O)N1CCC(c2ccccc2)=N1)OCc1nnc(-c2ccco2)o1. The molecule has 1 aliphatic heterocycles. The lowest BCUT2D eigenvalue weighted by molar-refractivity contribution is -0.147. The minimum atomic E-state index is -0.525. The van der Waals surface area contributed by atoms with Crippen molar-refractivity contribution in [2.24, 2.45) is 5.10 Å². The Morgan fingerprint density at radius 3 is 2.72 bits per heavy atom. The summed E-state index contributed by atoms with van der Waals surface area (Å²) in [6.45, 7) is 0.344. The van der Waals surface area contributed by atoms with E-state index in [1.807, 2.05) is 30.3 Å². The number of benzene rings is 1. The molecule has 0 fully saturated rings. The van der Waals surface area contributed by atoms with Crippen LogP contribution in [-0.4, -0.2) is 39.3 Å². The molecule has 4 rings (SSSR count). The summed E-state index contributed by atoms with van der Waals surface area (Å²) in [6, 6.07) is 13.1. The highest BCUT2D eigenvalue weighted by Crippen LogP contribution is 2.18. The Morgan fingerprint density at radius 2 is 1.93 bits per heavy atom.